The molecule has 0 aromatic carbocycles. The highest BCUT2D eigenvalue weighted by Crippen LogP contribution is 2.31. The molecule has 15 heavy (non-hydrogen) atoms. The molecule has 1 rings (SSSR count). The van der Waals surface area contributed by atoms with Crippen LogP contribution in [0.5, 0.6) is 0 Å². The largest absolute Gasteiger partial charge is 0.480 e. The fraction of sp³-hybridized carbons (Fsp3) is 0.909. The van der Waals surface area contributed by atoms with Gasteiger partial charge >= 0.3 is 5.97 Å². The molecule has 4 atom stereocenters. The Balaban J connectivity index is 2.47. The van der Waals surface area contributed by atoms with Crippen molar-refractivity contribution in [2.75, 3.05) is 13.7 Å². The third-order valence-electron chi connectivity index (χ3n) is 3.51. The van der Waals surface area contributed by atoms with Gasteiger partial charge in [-0.2, -0.15) is 0 Å². The van der Waals surface area contributed by atoms with E-state index in [0.29, 0.717) is 17.9 Å². The second-order valence-corrected chi connectivity index (χ2v) is 4.53. The predicted octanol–water partition coefficient (Wildman–Crippen LogP) is 1.11. The average molecular weight is 215 g/mol. The molecule has 4 nitrogen and oxygen atoms in total. The molecule has 1 fully saturated rings. The van der Waals surface area contributed by atoms with Crippen LogP contribution in [0.4, 0.5) is 0 Å². The van der Waals surface area contributed by atoms with Crippen molar-refractivity contribution in [3.8, 4) is 0 Å². The third kappa shape index (κ3) is 3.18. The lowest BCUT2D eigenvalue weighted by Crippen LogP contribution is -2.47. The highest BCUT2D eigenvalue weighted by Gasteiger charge is 2.32. The van der Waals surface area contributed by atoms with Gasteiger partial charge in [-0.1, -0.05) is 13.8 Å². The Hall–Kier alpha value is -0.610. The number of aliphatic carboxylic acids is 1. The number of ether oxygens (including phenoxy) is 1. The van der Waals surface area contributed by atoms with Gasteiger partial charge in [0, 0.05) is 13.2 Å². The minimum Gasteiger partial charge on any atom is -0.480 e. The number of hydrogen-bond donors (Lipinski definition) is 2. The lowest BCUT2D eigenvalue weighted by Gasteiger charge is -2.23. The molecule has 0 heterocycles. The van der Waals surface area contributed by atoms with Crippen molar-refractivity contribution >= 4 is 5.97 Å². The summed E-state index contributed by atoms with van der Waals surface area (Å²) < 4.78 is 4.89. The maximum atomic E-state index is 10.9. The van der Waals surface area contributed by atoms with E-state index < -0.39 is 12.0 Å². The molecule has 4 unspecified atom stereocenters. The van der Waals surface area contributed by atoms with Crippen LogP contribution in [0.1, 0.15) is 26.7 Å². The van der Waals surface area contributed by atoms with Gasteiger partial charge in [-0.25, -0.2) is 0 Å². The first-order chi connectivity index (χ1) is 7.06. The Labute approximate surface area is 91.0 Å². The fourth-order valence-electron chi connectivity index (χ4n) is 2.22. The number of carboxylic acids is 1. The molecule has 0 spiro atoms. The van der Waals surface area contributed by atoms with E-state index in [1.54, 1.807) is 0 Å². The van der Waals surface area contributed by atoms with E-state index in [1.807, 2.05) is 0 Å². The van der Waals surface area contributed by atoms with Crippen LogP contribution in [0.25, 0.3) is 0 Å². The predicted molar refractivity (Wildman–Crippen MR) is 57.8 cm³/mol. The van der Waals surface area contributed by atoms with Gasteiger partial charge in [-0.15, -0.1) is 0 Å². The molecule has 4 heteroatoms. The van der Waals surface area contributed by atoms with Crippen molar-refractivity contribution in [1.29, 1.82) is 0 Å². The van der Waals surface area contributed by atoms with Crippen LogP contribution in [0, 0.1) is 11.8 Å². The molecule has 0 amide bonds. The second-order valence-electron chi connectivity index (χ2n) is 4.53. The molecule has 88 valence electrons. The molecular weight excluding hydrogens is 194 g/mol. The van der Waals surface area contributed by atoms with E-state index >= 15 is 0 Å². The summed E-state index contributed by atoms with van der Waals surface area (Å²) in [6.07, 6.45) is 2.24. The average Bonchev–Trinajstić information content (AvgIpc) is 2.48. The summed E-state index contributed by atoms with van der Waals surface area (Å²) in [4.78, 5) is 10.9. The summed E-state index contributed by atoms with van der Waals surface area (Å²) in [5, 5.41) is 12.1. The van der Waals surface area contributed by atoms with Gasteiger partial charge in [0.25, 0.3) is 0 Å². The monoisotopic (exact) mass is 215 g/mol. The Bertz CT molecular complexity index is 220. The summed E-state index contributed by atoms with van der Waals surface area (Å²) in [6.45, 7) is 4.63. The molecule has 1 saturated carbocycles. The van der Waals surface area contributed by atoms with Crippen molar-refractivity contribution in [3.63, 3.8) is 0 Å². The van der Waals surface area contributed by atoms with E-state index in [2.05, 4.69) is 19.2 Å². The number of hydrogen-bond acceptors (Lipinski definition) is 3. The zero-order valence-electron chi connectivity index (χ0n) is 9.69. The Morgan fingerprint density at radius 3 is 2.60 bits per heavy atom. The van der Waals surface area contributed by atoms with Gasteiger partial charge in [-0.05, 0) is 24.7 Å². The van der Waals surface area contributed by atoms with Crippen LogP contribution in [0.15, 0.2) is 0 Å². The zero-order valence-corrected chi connectivity index (χ0v) is 9.69. The lowest BCUT2D eigenvalue weighted by atomic mass is 9.97. The number of methoxy groups -OCH3 is 1. The molecule has 0 bridgehead atoms. The first kappa shape index (κ1) is 12.5. The van der Waals surface area contributed by atoms with Crippen molar-refractivity contribution in [2.45, 2.75) is 38.8 Å². The molecule has 0 saturated heterocycles. The first-order valence-corrected chi connectivity index (χ1v) is 5.54. The van der Waals surface area contributed by atoms with Gasteiger partial charge in [-0.3, -0.25) is 10.1 Å². The van der Waals surface area contributed by atoms with Crippen molar-refractivity contribution in [3.05, 3.63) is 0 Å². The highest BCUT2D eigenvalue weighted by molar-refractivity contribution is 5.73. The fourth-order valence-corrected chi connectivity index (χ4v) is 2.22. The maximum Gasteiger partial charge on any atom is 0.323 e. The number of carbonyl (C=O) groups is 1. The second kappa shape index (κ2) is 5.47. The van der Waals surface area contributed by atoms with Crippen LogP contribution in [-0.2, 0) is 9.53 Å². The molecule has 0 aromatic rings. The Kier molecular flexibility index (Phi) is 4.54. The Morgan fingerprint density at radius 2 is 2.20 bits per heavy atom. The smallest absolute Gasteiger partial charge is 0.323 e. The SMILES string of the molecule is COCC(NC1CCC(C)C1C)C(=O)O. The van der Waals surface area contributed by atoms with Gasteiger partial charge in [0.1, 0.15) is 6.04 Å². The van der Waals surface area contributed by atoms with Gasteiger partial charge in [0.2, 0.25) is 0 Å². The van der Waals surface area contributed by atoms with E-state index in [9.17, 15) is 4.79 Å². The highest BCUT2D eigenvalue weighted by atomic mass is 16.5. The summed E-state index contributed by atoms with van der Waals surface area (Å²) in [7, 11) is 1.53. The summed E-state index contributed by atoms with van der Waals surface area (Å²) >= 11 is 0. The third-order valence-corrected chi connectivity index (χ3v) is 3.51. The van der Waals surface area contributed by atoms with E-state index in [1.165, 1.54) is 13.5 Å². The summed E-state index contributed by atoms with van der Waals surface area (Å²) in [5.41, 5.74) is 0. The van der Waals surface area contributed by atoms with Crippen molar-refractivity contribution in [1.82, 2.24) is 5.32 Å². The van der Waals surface area contributed by atoms with Gasteiger partial charge < -0.3 is 9.84 Å². The number of carboxylic acid groups (broad SMARTS) is 1. The molecule has 2 N–H and O–H groups in total. The van der Waals surface area contributed by atoms with Crippen LogP contribution in [-0.4, -0.2) is 36.9 Å². The van der Waals surface area contributed by atoms with Crippen molar-refractivity contribution < 1.29 is 14.6 Å². The lowest BCUT2D eigenvalue weighted by molar-refractivity contribution is -0.141. The van der Waals surface area contributed by atoms with Gasteiger partial charge in [0.05, 0.1) is 6.61 Å². The van der Waals surface area contributed by atoms with E-state index in [-0.39, 0.29) is 6.61 Å². The zero-order chi connectivity index (χ0) is 11.4. The van der Waals surface area contributed by atoms with E-state index in [4.69, 9.17) is 9.84 Å². The van der Waals surface area contributed by atoms with Crippen LogP contribution in [0.2, 0.25) is 0 Å². The normalized spacial score (nSPS) is 32.9. The first-order valence-electron chi connectivity index (χ1n) is 5.54. The minimum absolute atomic E-state index is 0.229. The van der Waals surface area contributed by atoms with Crippen LogP contribution < -0.4 is 5.32 Å². The summed E-state index contributed by atoms with van der Waals surface area (Å²) in [5.74, 6) is 0.395. The Morgan fingerprint density at radius 1 is 1.53 bits per heavy atom. The number of nitrogens with one attached hydrogen (secondary N) is 1. The topological polar surface area (TPSA) is 58.6 Å². The van der Waals surface area contributed by atoms with Crippen LogP contribution >= 0.6 is 0 Å². The molecule has 1 aliphatic carbocycles. The molecule has 0 aromatic heterocycles. The van der Waals surface area contributed by atoms with E-state index in [0.717, 1.165) is 6.42 Å². The molecule has 0 aliphatic heterocycles. The molecular formula is C11H21NO3. The quantitative estimate of drug-likeness (QED) is 0.721. The molecule has 0 radical (unpaired) electrons. The summed E-state index contributed by atoms with van der Waals surface area (Å²) in [6, 6.07) is -0.260. The number of rotatable bonds is 5. The minimum atomic E-state index is -0.830. The molecule has 1 aliphatic rings. The van der Waals surface area contributed by atoms with Gasteiger partial charge in [0.15, 0.2) is 0 Å². The maximum absolute atomic E-state index is 10.9. The standard InChI is InChI=1S/C11H21NO3/c1-7-4-5-9(8(7)2)12-10(6-15-3)11(13)14/h7-10,12H,4-6H2,1-3H3,(H,13,14). The van der Waals surface area contributed by atoms with Crippen molar-refractivity contribution in [2.24, 2.45) is 11.8 Å². The van der Waals surface area contributed by atoms with Crippen LogP contribution in [0.3, 0.4) is 0 Å².